The maximum absolute atomic E-state index is 6.18. The Hall–Kier alpha value is -1.23. The molecule has 1 aromatic carbocycles. The second kappa shape index (κ2) is 7.69. The van der Waals surface area contributed by atoms with Gasteiger partial charge in [-0.05, 0) is 42.6 Å². The monoisotopic (exact) mass is 325 g/mol. The first kappa shape index (κ1) is 16.1. The number of rotatable bonds is 7. The lowest BCUT2D eigenvalue weighted by Crippen LogP contribution is -2.23. The van der Waals surface area contributed by atoms with Crippen molar-refractivity contribution in [2.45, 2.75) is 19.4 Å². The summed E-state index contributed by atoms with van der Waals surface area (Å²) >= 11 is 7.84. The number of benzene rings is 1. The maximum atomic E-state index is 6.18. The average Bonchev–Trinajstić information content (AvgIpc) is 2.96. The Labute approximate surface area is 134 Å². The standard InChI is InChI=1S/C16H20ClNO2S/c1-4-8-18-15(16-14(20-3)7-9-21-16)12-10-11(17)5-6-13(12)19-2/h5-7,9-10,15,18H,4,8H2,1-3H3. The van der Waals surface area contributed by atoms with Gasteiger partial charge in [0.1, 0.15) is 11.5 Å². The Morgan fingerprint density at radius 2 is 1.95 bits per heavy atom. The fraction of sp³-hybridized carbons (Fsp3) is 0.375. The molecule has 3 nitrogen and oxygen atoms in total. The summed E-state index contributed by atoms with van der Waals surface area (Å²) in [6, 6.07) is 7.68. The topological polar surface area (TPSA) is 30.5 Å². The van der Waals surface area contributed by atoms with Crippen molar-refractivity contribution in [1.29, 1.82) is 0 Å². The summed E-state index contributed by atoms with van der Waals surface area (Å²) in [7, 11) is 3.37. The van der Waals surface area contributed by atoms with Crippen molar-refractivity contribution in [3.05, 3.63) is 45.1 Å². The van der Waals surface area contributed by atoms with Gasteiger partial charge in [0.25, 0.3) is 0 Å². The molecule has 2 aromatic rings. The summed E-state index contributed by atoms with van der Waals surface area (Å²) in [4.78, 5) is 1.13. The molecule has 1 N–H and O–H groups in total. The smallest absolute Gasteiger partial charge is 0.134 e. The van der Waals surface area contributed by atoms with E-state index in [2.05, 4.69) is 12.2 Å². The number of hydrogen-bond acceptors (Lipinski definition) is 4. The molecule has 0 saturated heterocycles. The van der Waals surface area contributed by atoms with Gasteiger partial charge in [-0.3, -0.25) is 0 Å². The first-order valence-electron chi connectivity index (χ1n) is 6.89. The highest BCUT2D eigenvalue weighted by Gasteiger charge is 2.22. The molecule has 0 saturated carbocycles. The molecule has 0 fully saturated rings. The molecule has 1 aromatic heterocycles. The molecule has 2 rings (SSSR count). The minimum atomic E-state index is 0.00792. The molecule has 0 aliphatic heterocycles. The summed E-state index contributed by atoms with van der Waals surface area (Å²) in [6.07, 6.45) is 1.05. The summed E-state index contributed by atoms with van der Waals surface area (Å²) < 4.78 is 11.0. The van der Waals surface area contributed by atoms with Crippen LogP contribution in [0.2, 0.25) is 5.02 Å². The first-order valence-corrected chi connectivity index (χ1v) is 8.15. The quantitative estimate of drug-likeness (QED) is 0.812. The molecule has 0 bridgehead atoms. The molecule has 1 heterocycles. The van der Waals surface area contributed by atoms with E-state index < -0.39 is 0 Å². The third kappa shape index (κ3) is 3.70. The van der Waals surface area contributed by atoms with Gasteiger partial charge >= 0.3 is 0 Å². The van der Waals surface area contributed by atoms with Crippen molar-refractivity contribution in [1.82, 2.24) is 5.32 Å². The zero-order chi connectivity index (χ0) is 15.2. The van der Waals surface area contributed by atoms with E-state index in [-0.39, 0.29) is 6.04 Å². The predicted octanol–water partition coefficient (Wildman–Crippen LogP) is 4.51. The van der Waals surface area contributed by atoms with Crippen LogP contribution in [0.3, 0.4) is 0 Å². The summed E-state index contributed by atoms with van der Waals surface area (Å²) in [5.74, 6) is 1.71. The van der Waals surface area contributed by atoms with Crippen LogP contribution < -0.4 is 14.8 Å². The Kier molecular flexibility index (Phi) is 5.91. The predicted molar refractivity (Wildman–Crippen MR) is 89.0 cm³/mol. The van der Waals surface area contributed by atoms with E-state index in [1.165, 1.54) is 0 Å². The normalized spacial score (nSPS) is 12.2. The SMILES string of the molecule is CCCNC(c1cc(Cl)ccc1OC)c1sccc1OC. The molecular weight excluding hydrogens is 306 g/mol. The summed E-state index contributed by atoms with van der Waals surface area (Å²) in [5.41, 5.74) is 1.03. The lowest BCUT2D eigenvalue weighted by Gasteiger charge is -2.21. The van der Waals surface area contributed by atoms with E-state index in [1.54, 1.807) is 25.6 Å². The van der Waals surface area contributed by atoms with Gasteiger partial charge in [-0.2, -0.15) is 0 Å². The van der Waals surface area contributed by atoms with Gasteiger partial charge in [-0.1, -0.05) is 18.5 Å². The van der Waals surface area contributed by atoms with Crippen molar-refractivity contribution >= 4 is 22.9 Å². The number of ether oxygens (including phenoxy) is 2. The van der Waals surface area contributed by atoms with Crippen molar-refractivity contribution < 1.29 is 9.47 Å². The molecule has 0 radical (unpaired) electrons. The molecule has 0 aliphatic rings. The highest BCUT2D eigenvalue weighted by atomic mass is 35.5. The van der Waals surface area contributed by atoms with E-state index in [0.29, 0.717) is 5.02 Å². The molecule has 21 heavy (non-hydrogen) atoms. The molecule has 0 aliphatic carbocycles. The van der Waals surface area contributed by atoms with Gasteiger partial charge < -0.3 is 14.8 Å². The second-order valence-corrected chi connectivity index (χ2v) is 6.01. The Balaban J connectivity index is 2.47. The second-order valence-electron chi connectivity index (χ2n) is 4.63. The van der Waals surface area contributed by atoms with Gasteiger partial charge in [-0.15, -0.1) is 11.3 Å². The molecule has 0 spiro atoms. The van der Waals surface area contributed by atoms with Crippen LogP contribution in [0.1, 0.15) is 29.8 Å². The molecule has 1 atom stereocenters. The number of nitrogens with one attached hydrogen (secondary N) is 1. The third-order valence-electron chi connectivity index (χ3n) is 3.24. The molecular formula is C16H20ClNO2S. The zero-order valence-electron chi connectivity index (χ0n) is 12.5. The van der Waals surface area contributed by atoms with Crippen molar-refractivity contribution in [2.75, 3.05) is 20.8 Å². The minimum Gasteiger partial charge on any atom is -0.496 e. The van der Waals surface area contributed by atoms with Crippen LogP contribution in [0, 0.1) is 0 Å². The maximum Gasteiger partial charge on any atom is 0.134 e. The highest BCUT2D eigenvalue weighted by Crippen LogP contribution is 2.39. The number of thiophene rings is 1. The van der Waals surface area contributed by atoms with Crippen LogP contribution in [0.25, 0.3) is 0 Å². The molecule has 114 valence electrons. The Bertz CT molecular complexity index is 585. The average molecular weight is 326 g/mol. The van der Waals surface area contributed by atoms with E-state index in [1.807, 2.05) is 29.6 Å². The number of methoxy groups -OCH3 is 2. The van der Waals surface area contributed by atoms with Gasteiger partial charge in [0.2, 0.25) is 0 Å². The van der Waals surface area contributed by atoms with Gasteiger partial charge in [0.05, 0.1) is 25.1 Å². The van der Waals surface area contributed by atoms with Crippen LogP contribution in [-0.2, 0) is 0 Å². The van der Waals surface area contributed by atoms with Crippen LogP contribution in [-0.4, -0.2) is 20.8 Å². The molecule has 0 amide bonds. The van der Waals surface area contributed by atoms with Crippen LogP contribution in [0.15, 0.2) is 29.6 Å². The van der Waals surface area contributed by atoms with Gasteiger partial charge in [0, 0.05) is 10.6 Å². The lowest BCUT2D eigenvalue weighted by molar-refractivity contribution is 0.396. The number of halogens is 1. The molecule has 1 unspecified atom stereocenters. The van der Waals surface area contributed by atoms with Crippen LogP contribution >= 0.6 is 22.9 Å². The highest BCUT2D eigenvalue weighted by molar-refractivity contribution is 7.10. The minimum absolute atomic E-state index is 0.00792. The van der Waals surface area contributed by atoms with E-state index >= 15 is 0 Å². The zero-order valence-corrected chi connectivity index (χ0v) is 14.1. The number of hydrogen-bond donors (Lipinski definition) is 1. The van der Waals surface area contributed by atoms with Crippen LogP contribution in [0.5, 0.6) is 11.5 Å². The summed E-state index contributed by atoms with van der Waals surface area (Å²) in [5, 5.41) is 6.29. The largest absolute Gasteiger partial charge is 0.496 e. The van der Waals surface area contributed by atoms with E-state index in [0.717, 1.165) is 34.9 Å². The molecule has 5 heteroatoms. The van der Waals surface area contributed by atoms with Crippen LogP contribution in [0.4, 0.5) is 0 Å². The van der Waals surface area contributed by atoms with Gasteiger partial charge in [-0.25, -0.2) is 0 Å². The van der Waals surface area contributed by atoms with Gasteiger partial charge in [0.15, 0.2) is 0 Å². The van der Waals surface area contributed by atoms with Crippen molar-refractivity contribution in [3.8, 4) is 11.5 Å². The van der Waals surface area contributed by atoms with E-state index in [9.17, 15) is 0 Å². The van der Waals surface area contributed by atoms with E-state index in [4.69, 9.17) is 21.1 Å². The fourth-order valence-corrected chi connectivity index (χ4v) is 3.38. The fourth-order valence-electron chi connectivity index (χ4n) is 2.25. The van der Waals surface area contributed by atoms with Crippen molar-refractivity contribution in [3.63, 3.8) is 0 Å². The lowest BCUT2D eigenvalue weighted by atomic mass is 10.0. The Morgan fingerprint density at radius 1 is 1.19 bits per heavy atom. The third-order valence-corrected chi connectivity index (χ3v) is 4.44. The first-order chi connectivity index (χ1) is 10.2. The Morgan fingerprint density at radius 3 is 2.62 bits per heavy atom. The van der Waals surface area contributed by atoms with Crippen molar-refractivity contribution in [2.24, 2.45) is 0 Å². The summed E-state index contributed by atoms with van der Waals surface area (Å²) in [6.45, 7) is 3.05.